The van der Waals surface area contributed by atoms with Gasteiger partial charge in [0, 0.05) is 18.9 Å². The molecule has 0 bridgehead atoms. The number of hydrogen-bond donors (Lipinski definition) is 1. The van der Waals surface area contributed by atoms with Crippen LogP contribution in [0.5, 0.6) is 0 Å². The van der Waals surface area contributed by atoms with Crippen LogP contribution in [0.15, 0.2) is 23.3 Å². The summed E-state index contributed by atoms with van der Waals surface area (Å²) in [5, 5.41) is 8.49. The molecule has 2 aliphatic rings. The summed E-state index contributed by atoms with van der Waals surface area (Å²) in [6, 6.07) is 5.89. The zero-order valence-electron chi connectivity index (χ0n) is 17.4. The van der Waals surface area contributed by atoms with E-state index in [-0.39, 0.29) is 36.4 Å². The largest absolute Gasteiger partial charge is 0.448 e. The Morgan fingerprint density at radius 3 is 2.62 bits per heavy atom. The third-order valence-corrected chi connectivity index (χ3v) is 5.47. The average molecular weight is 399 g/mol. The number of rotatable bonds is 5. The molecule has 1 saturated carbocycles. The van der Waals surface area contributed by atoms with E-state index in [1.54, 1.807) is 6.92 Å². The smallest absolute Gasteiger partial charge is 0.355 e. The normalized spacial score (nSPS) is 18.8. The minimum atomic E-state index is -0.904. The summed E-state index contributed by atoms with van der Waals surface area (Å²) in [5.74, 6) is -1.11. The number of carbonyl (C=O) groups is 3. The van der Waals surface area contributed by atoms with Gasteiger partial charge in [0.05, 0.1) is 5.69 Å². The van der Waals surface area contributed by atoms with Gasteiger partial charge in [-0.25, -0.2) is 4.79 Å². The minimum Gasteiger partial charge on any atom is -0.448 e. The lowest BCUT2D eigenvalue weighted by molar-refractivity contribution is -0.149. The lowest BCUT2D eigenvalue weighted by Crippen LogP contribution is -2.44. The number of esters is 1. The third kappa shape index (κ3) is 5.22. The van der Waals surface area contributed by atoms with Gasteiger partial charge in [-0.2, -0.15) is 10.1 Å². The van der Waals surface area contributed by atoms with Crippen molar-refractivity contribution in [3.05, 3.63) is 29.3 Å². The molecule has 1 aliphatic carbocycles. The molecule has 1 N–H and O–H groups in total. The predicted molar refractivity (Wildman–Crippen MR) is 111 cm³/mol. The molecule has 1 aromatic rings. The molecule has 7 heteroatoms. The first kappa shape index (κ1) is 21.0. The first-order valence-electron chi connectivity index (χ1n) is 10.3. The van der Waals surface area contributed by atoms with Crippen LogP contribution >= 0.6 is 0 Å². The van der Waals surface area contributed by atoms with Gasteiger partial charge in [0.1, 0.15) is 5.71 Å². The van der Waals surface area contributed by atoms with E-state index in [2.05, 4.69) is 10.4 Å². The lowest BCUT2D eigenvalue weighted by Gasteiger charge is -2.26. The Morgan fingerprint density at radius 1 is 1.17 bits per heavy atom. The number of aryl methyl sites for hydroxylation is 2. The Morgan fingerprint density at radius 2 is 1.90 bits per heavy atom. The molecule has 0 spiro atoms. The Labute approximate surface area is 171 Å². The first-order chi connectivity index (χ1) is 13.8. The van der Waals surface area contributed by atoms with Gasteiger partial charge in [0.15, 0.2) is 6.10 Å². The van der Waals surface area contributed by atoms with Gasteiger partial charge in [-0.1, -0.05) is 31.4 Å². The van der Waals surface area contributed by atoms with Crippen molar-refractivity contribution in [3.8, 4) is 0 Å². The van der Waals surface area contributed by atoms with Gasteiger partial charge >= 0.3 is 5.97 Å². The molecule has 7 nitrogen and oxygen atoms in total. The molecule has 29 heavy (non-hydrogen) atoms. The second-order valence-corrected chi connectivity index (χ2v) is 7.93. The van der Waals surface area contributed by atoms with Crippen molar-refractivity contribution in [1.82, 2.24) is 5.32 Å². The van der Waals surface area contributed by atoms with Gasteiger partial charge < -0.3 is 10.1 Å². The summed E-state index contributed by atoms with van der Waals surface area (Å²) in [5.41, 5.74) is 2.70. The maximum atomic E-state index is 12.6. The zero-order chi connectivity index (χ0) is 21.0. The van der Waals surface area contributed by atoms with Crippen molar-refractivity contribution in [2.24, 2.45) is 5.10 Å². The van der Waals surface area contributed by atoms with Crippen LogP contribution in [0, 0.1) is 13.8 Å². The van der Waals surface area contributed by atoms with E-state index in [4.69, 9.17) is 4.74 Å². The molecule has 1 aliphatic heterocycles. The van der Waals surface area contributed by atoms with Crippen molar-refractivity contribution in [2.45, 2.75) is 77.9 Å². The minimum absolute atomic E-state index is 0.154. The van der Waals surface area contributed by atoms with Crippen LogP contribution in [-0.4, -0.2) is 35.6 Å². The van der Waals surface area contributed by atoms with Crippen molar-refractivity contribution in [1.29, 1.82) is 0 Å². The lowest BCUT2D eigenvalue weighted by atomic mass is 9.95. The van der Waals surface area contributed by atoms with Crippen LogP contribution < -0.4 is 10.3 Å². The number of carbonyl (C=O) groups excluding carboxylic acids is 3. The highest BCUT2D eigenvalue weighted by Crippen LogP contribution is 2.25. The fourth-order valence-electron chi connectivity index (χ4n) is 3.68. The van der Waals surface area contributed by atoms with Crippen molar-refractivity contribution in [2.75, 3.05) is 5.01 Å². The van der Waals surface area contributed by atoms with Crippen molar-refractivity contribution in [3.63, 3.8) is 0 Å². The molecule has 1 aromatic carbocycles. The number of hydrogen-bond acceptors (Lipinski definition) is 5. The van der Waals surface area contributed by atoms with E-state index in [9.17, 15) is 14.4 Å². The monoisotopic (exact) mass is 399 g/mol. The summed E-state index contributed by atoms with van der Waals surface area (Å²) >= 11 is 0. The predicted octanol–water partition coefficient (Wildman–Crippen LogP) is 3.17. The second-order valence-electron chi connectivity index (χ2n) is 7.93. The Hall–Kier alpha value is -2.70. The summed E-state index contributed by atoms with van der Waals surface area (Å²) < 4.78 is 5.35. The molecular formula is C22H29N3O4. The van der Waals surface area contributed by atoms with Crippen LogP contribution in [0.1, 0.15) is 63.0 Å². The fraction of sp³-hybridized carbons (Fsp3) is 0.545. The molecular weight excluding hydrogens is 370 g/mol. The van der Waals surface area contributed by atoms with Gasteiger partial charge in [0.25, 0.3) is 5.91 Å². The molecule has 1 heterocycles. The molecule has 1 atom stereocenters. The first-order valence-corrected chi connectivity index (χ1v) is 10.3. The number of nitrogens with one attached hydrogen (secondary N) is 1. The quantitative estimate of drug-likeness (QED) is 0.771. The number of benzene rings is 1. The average Bonchev–Trinajstić information content (AvgIpc) is 2.71. The zero-order valence-corrected chi connectivity index (χ0v) is 17.4. The number of anilines is 1. The van der Waals surface area contributed by atoms with Crippen LogP contribution in [0.3, 0.4) is 0 Å². The summed E-state index contributed by atoms with van der Waals surface area (Å²) in [7, 11) is 0. The summed E-state index contributed by atoms with van der Waals surface area (Å²) in [6.45, 7) is 5.39. The molecule has 3 rings (SSSR count). The van der Waals surface area contributed by atoms with Crippen molar-refractivity contribution < 1.29 is 19.1 Å². The number of ether oxygens (including phenoxy) is 1. The van der Waals surface area contributed by atoms with Crippen LogP contribution in [-0.2, 0) is 19.1 Å². The highest BCUT2D eigenvalue weighted by Gasteiger charge is 2.30. The number of amides is 2. The second kappa shape index (κ2) is 9.20. The molecule has 0 unspecified atom stereocenters. The van der Waals surface area contributed by atoms with E-state index in [1.807, 2.05) is 32.0 Å². The van der Waals surface area contributed by atoms with Crippen LogP contribution in [0.2, 0.25) is 0 Å². The fourth-order valence-corrected chi connectivity index (χ4v) is 3.68. The topological polar surface area (TPSA) is 88.1 Å². The Balaban J connectivity index is 1.67. The van der Waals surface area contributed by atoms with Gasteiger partial charge in [-0.3, -0.25) is 9.59 Å². The van der Waals surface area contributed by atoms with Crippen LogP contribution in [0.25, 0.3) is 0 Å². The molecule has 2 amide bonds. The highest BCUT2D eigenvalue weighted by atomic mass is 16.5. The Bertz CT molecular complexity index is 827. The van der Waals surface area contributed by atoms with E-state index < -0.39 is 12.1 Å². The van der Waals surface area contributed by atoms with E-state index in [0.29, 0.717) is 5.69 Å². The molecule has 0 saturated heterocycles. The molecule has 1 fully saturated rings. The third-order valence-electron chi connectivity index (χ3n) is 5.47. The van der Waals surface area contributed by atoms with Crippen molar-refractivity contribution >= 4 is 29.2 Å². The summed E-state index contributed by atoms with van der Waals surface area (Å²) in [4.78, 5) is 37.3. The Kier molecular flexibility index (Phi) is 6.67. The van der Waals surface area contributed by atoms with Gasteiger partial charge in [-0.15, -0.1) is 0 Å². The molecule has 0 aromatic heterocycles. The molecule has 156 valence electrons. The number of hydrazone groups is 1. The number of nitrogens with zero attached hydrogens (tertiary/aromatic N) is 2. The van der Waals surface area contributed by atoms with Crippen LogP contribution in [0.4, 0.5) is 5.69 Å². The van der Waals surface area contributed by atoms with E-state index in [0.717, 1.165) is 36.8 Å². The summed E-state index contributed by atoms with van der Waals surface area (Å²) in [6.07, 6.45) is 4.82. The molecule has 0 radical (unpaired) electrons. The maximum Gasteiger partial charge on any atom is 0.355 e. The highest BCUT2D eigenvalue weighted by molar-refractivity contribution is 6.38. The van der Waals surface area contributed by atoms with E-state index >= 15 is 0 Å². The van der Waals surface area contributed by atoms with E-state index in [1.165, 1.54) is 11.4 Å². The SMILES string of the molecule is Cc1ccc(C)c(N2N=C(C(=O)O[C@H](C)C(=O)NC3CCCCC3)CCC2=O)c1. The van der Waals surface area contributed by atoms with Gasteiger partial charge in [0.2, 0.25) is 5.91 Å². The standard InChI is InChI=1S/C22H29N3O4/c1-14-9-10-15(2)19(13-14)25-20(26)12-11-18(24-25)22(28)29-16(3)21(27)23-17-7-5-4-6-8-17/h9-10,13,16-17H,4-8,11-12H2,1-3H3,(H,23,27)/t16-/m1/s1. The van der Waals surface area contributed by atoms with Gasteiger partial charge in [-0.05, 0) is 50.8 Å². The maximum absolute atomic E-state index is 12.6.